The van der Waals surface area contributed by atoms with E-state index in [4.69, 9.17) is 0 Å². The van der Waals surface area contributed by atoms with Crippen molar-refractivity contribution in [2.75, 3.05) is 12.3 Å². The van der Waals surface area contributed by atoms with Gasteiger partial charge in [-0.15, -0.1) is 0 Å². The number of nitrogens with zero attached hydrogens (tertiary/aromatic N) is 1. The average molecular weight is 543 g/mol. The molecule has 3 saturated carbocycles. The Hall–Kier alpha value is -2.53. The van der Waals surface area contributed by atoms with Crippen LogP contribution >= 0.6 is 0 Å². The molecule has 2 aromatic carbocycles. The van der Waals surface area contributed by atoms with Gasteiger partial charge in [-0.3, -0.25) is 4.79 Å². The Kier molecular flexibility index (Phi) is 6.38. The number of benzene rings is 2. The van der Waals surface area contributed by atoms with Crippen molar-refractivity contribution >= 4 is 15.9 Å². The summed E-state index contributed by atoms with van der Waals surface area (Å²) in [6.07, 6.45) is -1.26. The van der Waals surface area contributed by atoms with E-state index in [1.807, 2.05) is 0 Å². The van der Waals surface area contributed by atoms with Crippen molar-refractivity contribution in [3.05, 3.63) is 59.4 Å². The zero-order chi connectivity index (χ0) is 26.8. The second kappa shape index (κ2) is 9.04. The van der Waals surface area contributed by atoms with Crippen LogP contribution in [0.2, 0.25) is 0 Å². The van der Waals surface area contributed by atoms with Crippen LogP contribution in [0.3, 0.4) is 0 Å². The molecule has 0 radical (unpaired) electrons. The van der Waals surface area contributed by atoms with Crippen molar-refractivity contribution in [3.63, 3.8) is 0 Å². The molecule has 3 aliphatic carbocycles. The number of nitrogens with one attached hydrogen (secondary N) is 1. The molecule has 5 nitrogen and oxygen atoms in total. The third-order valence-electron chi connectivity index (χ3n) is 8.02. The van der Waals surface area contributed by atoms with E-state index in [0.29, 0.717) is 25.2 Å². The SMILES string of the molecule is CCS(=O)(=O)N[C@@H]1[C@H](Cc2cccc(-c3cccc(C(F)F)c3)c2F)N(C(=O)C23CC(C2)C3)CC1(F)F. The van der Waals surface area contributed by atoms with Crippen molar-refractivity contribution in [1.29, 1.82) is 0 Å². The second-order valence-electron chi connectivity index (χ2n) is 10.4. The van der Waals surface area contributed by atoms with Crippen LogP contribution in [0.1, 0.15) is 43.7 Å². The quantitative estimate of drug-likeness (QED) is 0.482. The Balaban J connectivity index is 1.51. The Labute approximate surface area is 212 Å². The standard InChI is InChI=1S/C26H27F5N2O3S/c1-2-37(35,36)32-22-20(33(14-26(22,30)31)24(34)25-11-15(12-25)13-25)10-17-6-4-8-19(21(17)27)16-5-3-7-18(9-16)23(28)29/h3-9,15,20,22-23,32H,2,10-14H2,1H3/t15?,20-,22+,25?/m0/s1. The molecule has 1 aliphatic heterocycles. The number of amides is 1. The minimum atomic E-state index is -4.07. The first kappa shape index (κ1) is 26.1. The number of carbonyl (C=O) groups is 1. The van der Waals surface area contributed by atoms with Crippen LogP contribution in [0.15, 0.2) is 42.5 Å². The maximum atomic E-state index is 15.7. The minimum Gasteiger partial charge on any atom is -0.331 e. The Bertz CT molecular complexity index is 1320. The lowest BCUT2D eigenvalue weighted by molar-refractivity contribution is -0.178. The van der Waals surface area contributed by atoms with E-state index < -0.39 is 63.9 Å². The predicted octanol–water partition coefficient (Wildman–Crippen LogP) is 4.93. The van der Waals surface area contributed by atoms with Crippen molar-refractivity contribution < 1.29 is 35.2 Å². The molecule has 2 atom stereocenters. The molecule has 200 valence electrons. The first-order chi connectivity index (χ1) is 17.4. The number of hydrogen-bond donors (Lipinski definition) is 1. The molecule has 2 aromatic rings. The van der Waals surface area contributed by atoms with Gasteiger partial charge in [-0.05, 0) is 55.7 Å². The molecule has 1 saturated heterocycles. The van der Waals surface area contributed by atoms with Gasteiger partial charge in [0.25, 0.3) is 12.3 Å². The van der Waals surface area contributed by atoms with Crippen LogP contribution in [0.4, 0.5) is 22.0 Å². The summed E-state index contributed by atoms with van der Waals surface area (Å²) in [6.45, 7) is 0.351. The monoisotopic (exact) mass is 542 g/mol. The molecule has 4 fully saturated rings. The molecule has 0 unspecified atom stereocenters. The molecule has 1 heterocycles. The Morgan fingerprint density at radius 2 is 1.81 bits per heavy atom. The highest BCUT2D eigenvalue weighted by molar-refractivity contribution is 7.89. The van der Waals surface area contributed by atoms with Gasteiger partial charge in [-0.25, -0.2) is 35.1 Å². The Morgan fingerprint density at radius 1 is 1.14 bits per heavy atom. The maximum Gasteiger partial charge on any atom is 0.283 e. The molecule has 0 aromatic heterocycles. The van der Waals surface area contributed by atoms with Crippen molar-refractivity contribution in [1.82, 2.24) is 9.62 Å². The van der Waals surface area contributed by atoms with Gasteiger partial charge >= 0.3 is 0 Å². The topological polar surface area (TPSA) is 66.5 Å². The second-order valence-corrected chi connectivity index (χ2v) is 12.5. The number of sulfonamides is 1. The summed E-state index contributed by atoms with van der Waals surface area (Å²) in [7, 11) is -4.07. The van der Waals surface area contributed by atoms with Crippen LogP contribution in [0.5, 0.6) is 0 Å². The highest BCUT2D eigenvalue weighted by Gasteiger charge is 2.66. The van der Waals surface area contributed by atoms with E-state index in [1.165, 1.54) is 43.3 Å². The fourth-order valence-electron chi connectivity index (χ4n) is 5.87. The zero-order valence-corrected chi connectivity index (χ0v) is 20.9. The van der Waals surface area contributed by atoms with Gasteiger partial charge in [0.15, 0.2) is 0 Å². The zero-order valence-electron chi connectivity index (χ0n) is 20.1. The normalized spacial score (nSPS) is 28.2. The molecule has 37 heavy (non-hydrogen) atoms. The number of carbonyl (C=O) groups excluding carboxylic acids is 1. The first-order valence-electron chi connectivity index (χ1n) is 12.2. The average Bonchev–Trinajstić information content (AvgIpc) is 3.02. The van der Waals surface area contributed by atoms with Gasteiger partial charge in [0.1, 0.15) is 11.9 Å². The predicted molar refractivity (Wildman–Crippen MR) is 127 cm³/mol. The van der Waals surface area contributed by atoms with Gasteiger partial charge in [0, 0.05) is 11.1 Å². The lowest BCUT2D eigenvalue weighted by Crippen LogP contribution is -2.62. The summed E-state index contributed by atoms with van der Waals surface area (Å²) < 4.78 is 99.2. The molecule has 1 N–H and O–H groups in total. The largest absolute Gasteiger partial charge is 0.331 e. The summed E-state index contributed by atoms with van der Waals surface area (Å²) in [4.78, 5) is 14.4. The summed E-state index contributed by atoms with van der Waals surface area (Å²) in [5.41, 5.74) is -0.791. The summed E-state index contributed by atoms with van der Waals surface area (Å²) >= 11 is 0. The number of hydrogen-bond acceptors (Lipinski definition) is 3. The van der Waals surface area contributed by atoms with E-state index in [9.17, 15) is 22.0 Å². The minimum absolute atomic E-state index is 0.00717. The van der Waals surface area contributed by atoms with Gasteiger partial charge in [0.05, 0.1) is 23.8 Å². The molecule has 0 spiro atoms. The van der Waals surface area contributed by atoms with E-state index in [-0.39, 0.29) is 28.7 Å². The van der Waals surface area contributed by atoms with Gasteiger partial charge < -0.3 is 4.90 Å². The van der Waals surface area contributed by atoms with Crippen molar-refractivity contribution in [3.8, 4) is 11.1 Å². The van der Waals surface area contributed by atoms with Crippen LogP contribution in [-0.2, 0) is 21.2 Å². The number of likely N-dealkylation sites (tertiary alicyclic amines) is 1. The smallest absolute Gasteiger partial charge is 0.283 e. The van der Waals surface area contributed by atoms with Crippen molar-refractivity contribution in [2.24, 2.45) is 11.3 Å². The van der Waals surface area contributed by atoms with E-state index in [1.54, 1.807) is 0 Å². The molecule has 1 amide bonds. The highest BCUT2D eigenvalue weighted by atomic mass is 32.2. The lowest BCUT2D eigenvalue weighted by atomic mass is 9.44. The molecule has 6 rings (SSSR count). The highest BCUT2D eigenvalue weighted by Crippen LogP contribution is 2.65. The van der Waals surface area contributed by atoms with E-state index in [0.717, 1.165) is 11.0 Å². The number of rotatable bonds is 8. The lowest BCUT2D eigenvalue weighted by Gasteiger charge is -2.61. The molecule has 11 heteroatoms. The molecular weight excluding hydrogens is 515 g/mol. The third kappa shape index (κ3) is 4.54. The van der Waals surface area contributed by atoms with Gasteiger partial charge in [0.2, 0.25) is 15.9 Å². The first-order valence-corrected chi connectivity index (χ1v) is 13.9. The van der Waals surface area contributed by atoms with Crippen LogP contribution in [0, 0.1) is 17.2 Å². The molecule has 2 bridgehead atoms. The van der Waals surface area contributed by atoms with Crippen LogP contribution in [-0.4, -0.2) is 49.5 Å². The summed E-state index contributed by atoms with van der Waals surface area (Å²) in [5.74, 6) is -4.82. The van der Waals surface area contributed by atoms with Crippen molar-refractivity contribution in [2.45, 2.75) is 57.0 Å². The van der Waals surface area contributed by atoms with Gasteiger partial charge in [-0.2, -0.15) is 0 Å². The van der Waals surface area contributed by atoms with Crippen LogP contribution in [0.25, 0.3) is 11.1 Å². The summed E-state index contributed by atoms with van der Waals surface area (Å²) in [6, 6.07) is 6.22. The maximum absolute atomic E-state index is 15.7. The Morgan fingerprint density at radius 3 is 2.41 bits per heavy atom. The van der Waals surface area contributed by atoms with E-state index >= 15 is 13.2 Å². The fraction of sp³-hybridized carbons (Fsp3) is 0.500. The number of halogens is 5. The third-order valence-corrected chi connectivity index (χ3v) is 9.39. The number of alkyl halides is 4. The molecular formula is C26H27F5N2O3S. The van der Waals surface area contributed by atoms with E-state index in [2.05, 4.69) is 4.72 Å². The van der Waals surface area contributed by atoms with Crippen LogP contribution < -0.4 is 4.72 Å². The fourth-order valence-corrected chi connectivity index (χ4v) is 6.75. The summed E-state index contributed by atoms with van der Waals surface area (Å²) in [5, 5.41) is 0. The molecule has 4 aliphatic rings. The van der Waals surface area contributed by atoms with Gasteiger partial charge in [-0.1, -0.05) is 36.4 Å².